The molecule has 0 saturated heterocycles. The maximum absolute atomic E-state index is 11.4. The first-order valence-electron chi connectivity index (χ1n) is 5.06. The first kappa shape index (κ1) is 15.7. The molecule has 0 aromatic heterocycles. The van der Waals surface area contributed by atoms with Gasteiger partial charge in [0.15, 0.2) is 9.84 Å². The number of carbonyl (C=O) groups excluding carboxylic acids is 1. The predicted octanol–water partition coefficient (Wildman–Crippen LogP) is -0.159. The number of halogens is 1. The number of hydrogen-bond donors (Lipinski definition) is 2. The first-order valence-corrected chi connectivity index (χ1v) is 7.12. The van der Waals surface area contributed by atoms with Gasteiger partial charge in [-0.25, -0.2) is 8.42 Å². The lowest BCUT2D eigenvalue weighted by molar-refractivity contribution is -0.120. The van der Waals surface area contributed by atoms with Gasteiger partial charge < -0.3 is 11.1 Å². The van der Waals surface area contributed by atoms with Gasteiger partial charge in [0.25, 0.3) is 0 Å². The molecular formula is C9H19ClN2O3S. The van der Waals surface area contributed by atoms with Crippen LogP contribution in [0.3, 0.4) is 0 Å². The third-order valence-electron chi connectivity index (χ3n) is 2.75. The molecule has 16 heavy (non-hydrogen) atoms. The number of sulfone groups is 1. The molecule has 0 bridgehead atoms. The van der Waals surface area contributed by atoms with Crippen molar-refractivity contribution in [2.75, 3.05) is 18.6 Å². The molecule has 1 amide bonds. The number of nitrogens with one attached hydrogen (secondary N) is 1. The maximum Gasteiger partial charge on any atom is 0.235 e. The SMILES string of the molecule is CS(=O)(=O)CC(=O)NC1(CN)CCCC1.Cl. The van der Waals surface area contributed by atoms with E-state index < -0.39 is 21.5 Å². The summed E-state index contributed by atoms with van der Waals surface area (Å²) in [6.45, 7) is 0.377. The van der Waals surface area contributed by atoms with Crippen molar-refractivity contribution in [1.82, 2.24) is 5.32 Å². The Morgan fingerprint density at radius 2 is 1.88 bits per heavy atom. The third-order valence-corrected chi connectivity index (χ3v) is 3.54. The topological polar surface area (TPSA) is 89.3 Å². The highest BCUT2D eigenvalue weighted by Gasteiger charge is 2.34. The third kappa shape index (κ3) is 4.67. The van der Waals surface area contributed by atoms with Crippen molar-refractivity contribution in [1.29, 1.82) is 0 Å². The molecule has 0 aromatic carbocycles. The molecule has 0 aliphatic heterocycles. The number of hydrogen-bond acceptors (Lipinski definition) is 4. The van der Waals surface area contributed by atoms with Crippen LogP contribution in [0.1, 0.15) is 25.7 Å². The Balaban J connectivity index is 0.00000225. The van der Waals surface area contributed by atoms with E-state index in [1.54, 1.807) is 0 Å². The van der Waals surface area contributed by atoms with Gasteiger partial charge in [-0.3, -0.25) is 4.79 Å². The van der Waals surface area contributed by atoms with Crippen LogP contribution in [0.4, 0.5) is 0 Å². The second-order valence-electron chi connectivity index (χ2n) is 4.31. The summed E-state index contributed by atoms with van der Waals surface area (Å²) in [5.74, 6) is -0.890. The summed E-state index contributed by atoms with van der Waals surface area (Å²) in [6.07, 6.45) is 4.82. The molecule has 5 nitrogen and oxygen atoms in total. The van der Waals surface area contributed by atoms with Crippen molar-refractivity contribution in [3.63, 3.8) is 0 Å². The van der Waals surface area contributed by atoms with E-state index in [2.05, 4.69) is 5.32 Å². The molecule has 0 atom stereocenters. The molecule has 0 radical (unpaired) electrons. The molecule has 0 unspecified atom stereocenters. The maximum atomic E-state index is 11.4. The fraction of sp³-hybridized carbons (Fsp3) is 0.889. The molecule has 1 rings (SSSR count). The molecular weight excluding hydrogens is 252 g/mol. The number of nitrogens with two attached hydrogens (primary N) is 1. The van der Waals surface area contributed by atoms with Crippen molar-refractivity contribution in [3.05, 3.63) is 0 Å². The Bertz CT molecular complexity index is 337. The van der Waals surface area contributed by atoms with E-state index >= 15 is 0 Å². The van der Waals surface area contributed by atoms with Crippen LogP contribution in [0, 0.1) is 0 Å². The standard InChI is InChI=1S/C9H18N2O3S.ClH/c1-15(13,14)6-8(12)11-9(7-10)4-2-3-5-9;/h2-7,10H2,1H3,(H,11,12);1H. The van der Waals surface area contributed by atoms with Gasteiger partial charge in [0.2, 0.25) is 5.91 Å². The van der Waals surface area contributed by atoms with Crippen molar-refractivity contribution >= 4 is 28.2 Å². The zero-order valence-corrected chi connectivity index (χ0v) is 11.0. The quantitative estimate of drug-likeness (QED) is 0.743. The van der Waals surface area contributed by atoms with Crippen LogP contribution >= 0.6 is 12.4 Å². The summed E-state index contributed by atoms with van der Waals surface area (Å²) in [7, 11) is -3.25. The van der Waals surface area contributed by atoms with Crippen LogP contribution < -0.4 is 11.1 Å². The molecule has 1 aliphatic rings. The number of rotatable bonds is 4. The normalized spacial score (nSPS) is 18.9. The minimum Gasteiger partial charge on any atom is -0.349 e. The van der Waals surface area contributed by atoms with Gasteiger partial charge in [0.1, 0.15) is 5.75 Å². The lowest BCUT2D eigenvalue weighted by Crippen LogP contribution is -2.53. The van der Waals surface area contributed by atoms with Gasteiger partial charge in [-0.1, -0.05) is 12.8 Å². The summed E-state index contributed by atoms with van der Waals surface area (Å²) in [5, 5.41) is 2.76. The van der Waals surface area contributed by atoms with E-state index in [0.29, 0.717) is 6.54 Å². The highest BCUT2D eigenvalue weighted by atomic mass is 35.5. The Morgan fingerprint density at radius 1 is 1.38 bits per heavy atom. The lowest BCUT2D eigenvalue weighted by Gasteiger charge is -2.28. The van der Waals surface area contributed by atoms with Crippen LogP contribution in [0.5, 0.6) is 0 Å². The molecule has 3 N–H and O–H groups in total. The van der Waals surface area contributed by atoms with E-state index in [0.717, 1.165) is 31.9 Å². The molecule has 1 aliphatic carbocycles. The van der Waals surface area contributed by atoms with Gasteiger partial charge in [0.05, 0.1) is 5.54 Å². The molecule has 7 heteroatoms. The van der Waals surface area contributed by atoms with Crippen molar-refractivity contribution < 1.29 is 13.2 Å². The summed E-state index contributed by atoms with van der Waals surface area (Å²) >= 11 is 0. The smallest absolute Gasteiger partial charge is 0.235 e. The minimum atomic E-state index is -3.25. The van der Waals surface area contributed by atoms with Gasteiger partial charge in [-0.2, -0.15) is 0 Å². The number of carbonyl (C=O) groups is 1. The highest BCUT2D eigenvalue weighted by Crippen LogP contribution is 2.28. The second kappa shape index (κ2) is 5.84. The zero-order chi connectivity index (χ0) is 11.5. The van der Waals surface area contributed by atoms with Crippen molar-refractivity contribution in [2.24, 2.45) is 5.73 Å². The van der Waals surface area contributed by atoms with Crippen molar-refractivity contribution in [3.8, 4) is 0 Å². The summed E-state index contributed by atoms with van der Waals surface area (Å²) in [5.41, 5.74) is 5.26. The largest absolute Gasteiger partial charge is 0.349 e. The van der Waals surface area contributed by atoms with Crippen LogP contribution in [0.2, 0.25) is 0 Å². The average Bonchev–Trinajstić information content (AvgIpc) is 2.50. The Labute approximate surface area is 102 Å². The predicted molar refractivity (Wildman–Crippen MR) is 65.4 cm³/mol. The zero-order valence-electron chi connectivity index (χ0n) is 9.36. The fourth-order valence-corrected chi connectivity index (χ4v) is 2.55. The molecule has 1 fully saturated rings. The fourth-order valence-electron chi connectivity index (χ4n) is 2.00. The van der Waals surface area contributed by atoms with E-state index in [1.807, 2.05) is 0 Å². The van der Waals surface area contributed by atoms with Gasteiger partial charge >= 0.3 is 0 Å². The summed E-state index contributed by atoms with van der Waals surface area (Å²) < 4.78 is 21.8. The van der Waals surface area contributed by atoms with Crippen LogP contribution in [-0.2, 0) is 14.6 Å². The molecule has 96 valence electrons. The highest BCUT2D eigenvalue weighted by molar-refractivity contribution is 7.91. The van der Waals surface area contributed by atoms with Crippen LogP contribution in [0.15, 0.2) is 0 Å². The van der Waals surface area contributed by atoms with E-state index in [-0.39, 0.29) is 17.9 Å². The first-order chi connectivity index (χ1) is 6.87. The van der Waals surface area contributed by atoms with Crippen LogP contribution in [-0.4, -0.2) is 38.4 Å². The van der Waals surface area contributed by atoms with E-state index in [9.17, 15) is 13.2 Å². The molecule has 0 aromatic rings. The lowest BCUT2D eigenvalue weighted by atomic mass is 9.98. The minimum absolute atomic E-state index is 0. The second-order valence-corrected chi connectivity index (χ2v) is 6.45. The van der Waals surface area contributed by atoms with Crippen molar-refractivity contribution in [2.45, 2.75) is 31.2 Å². The molecule has 1 saturated carbocycles. The monoisotopic (exact) mass is 270 g/mol. The van der Waals surface area contributed by atoms with Gasteiger partial charge in [-0.15, -0.1) is 12.4 Å². The average molecular weight is 271 g/mol. The summed E-state index contributed by atoms with van der Waals surface area (Å²) in [4.78, 5) is 11.4. The Hall–Kier alpha value is -0.330. The van der Waals surface area contributed by atoms with Gasteiger partial charge in [0, 0.05) is 12.8 Å². The van der Waals surface area contributed by atoms with E-state index in [1.165, 1.54) is 0 Å². The Kier molecular flexibility index (Phi) is 5.72. The van der Waals surface area contributed by atoms with E-state index in [4.69, 9.17) is 5.73 Å². The summed E-state index contributed by atoms with van der Waals surface area (Å²) in [6, 6.07) is 0. The Morgan fingerprint density at radius 3 is 2.25 bits per heavy atom. The molecule has 0 spiro atoms. The van der Waals surface area contributed by atoms with Crippen LogP contribution in [0.25, 0.3) is 0 Å². The number of amides is 1. The van der Waals surface area contributed by atoms with Gasteiger partial charge in [-0.05, 0) is 12.8 Å². The molecule has 0 heterocycles.